The summed E-state index contributed by atoms with van der Waals surface area (Å²) < 4.78 is 1.76. The first-order chi connectivity index (χ1) is 16.1. The van der Waals surface area contributed by atoms with Gasteiger partial charge in [0.1, 0.15) is 5.82 Å². The molecule has 0 fully saturated rings. The molecule has 1 heterocycles. The minimum absolute atomic E-state index is 0.173. The molecule has 164 valence electrons. The van der Waals surface area contributed by atoms with Crippen LogP contribution >= 0.6 is 0 Å². The van der Waals surface area contributed by atoms with E-state index in [-0.39, 0.29) is 17.2 Å². The molecule has 0 bridgehead atoms. The van der Waals surface area contributed by atoms with Crippen molar-refractivity contribution in [2.75, 3.05) is 0 Å². The van der Waals surface area contributed by atoms with E-state index >= 15 is 0 Å². The lowest BCUT2D eigenvalue weighted by Gasteiger charge is -2.08. The molecule has 0 radical (unpaired) electrons. The first-order valence-electron chi connectivity index (χ1n) is 10.6. The average Bonchev–Trinajstić information content (AvgIpc) is 3.25. The smallest absolute Gasteiger partial charge is 0.336 e. The summed E-state index contributed by atoms with van der Waals surface area (Å²) in [6.45, 7) is 4.35. The standard InChI is InChI=1S/C27H23N3O3/c1-2-3-17-30-24(28-26(29-30)25(31)21-9-5-4-6-10-21)18-19-13-15-20(16-14-19)22-11-7-8-12-23(22)27(32)33/h2,4-16H,1,3,17-18H2,(H,32,33). The highest BCUT2D eigenvalue weighted by Crippen LogP contribution is 2.25. The first kappa shape index (κ1) is 21.9. The van der Waals surface area contributed by atoms with Gasteiger partial charge in [-0.25, -0.2) is 14.5 Å². The Bertz CT molecular complexity index is 1290. The number of benzene rings is 3. The maximum atomic E-state index is 12.8. The van der Waals surface area contributed by atoms with Crippen molar-refractivity contribution < 1.29 is 14.7 Å². The largest absolute Gasteiger partial charge is 0.478 e. The van der Waals surface area contributed by atoms with Crippen LogP contribution in [0.4, 0.5) is 0 Å². The summed E-state index contributed by atoms with van der Waals surface area (Å²) in [6, 6.07) is 23.6. The molecule has 4 rings (SSSR count). The van der Waals surface area contributed by atoms with E-state index in [1.807, 2.05) is 48.5 Å². The van der Waals surface area contributed by atoms with E-state index in [0.717, 1.165) is 11.1 Å². The van der Waals surface area contributed by atoms with E-state index in [1.165, 1.54) is 0 Å². The fourth-order valence-corrected chi connectivity index (χ4v) is 3.62. The molecule has 1 aromatic heterocycles. The van der Waals surface area contributed by atoms with Crippen molar-refractivity contribution >= 4 is 11.8 Å². The molecule has 0 saturated heterocycles. The summed E-state index contributed by atoms with van der Waals surface area (Å²) in [5, 5.41) is 13.9. The van der Waals surface area contributed by atoms with Crippen LogP contribution in [0.25, 0.3) is 11.1 Å². The summed E-state index contributed by atoms with van der Waals surface area (Å²) in [5.74, 6) is -0.308. The van der Waals surface area contributed by atoms with Crippen molar-refractivity contribution in [3.05, 3.63) is 120 Å². The van der Waals surface area contributed by atoms with Crippen LogP contribution in [-0.4, -0.2) is 31.6 Å². The fourth-order valence-electron chi connectivity index (χ4n) is 3.62. The number of carbonyl (C=O) groups excluding carboxylic acids is 1. The van der Waals surface area contributed by atoms with Crippen LogP contribution in [0.15, 0.2) is 91.5 Å². The number of nitrogens with zero attached hydrogens (tertiary/aromatic N) is 3. The van der Waals surface area contributed by atoms with Crippen LogP contribution in [0.5, 0.6) is 0 Å². The lowest BCUT2D eigenvalue weighted by molar-refractivity contribution is 0.0697. The van der Waals surface area contributed by atoms with Crippen molar-refractivity contribution in [3.63, 3.8) is 0 Å². The Balaban J connectivity index is 1.60. The SMILES string of the molecule is C=CCCn1nc(C(=O)c2ccccc2)nc1Cc1ccc(-c2ccccc2C(=O)O)cc1. The van der Waals surface area contributed by atoms with Crippen LogP contribution in [-0.2, 0) is 13.0 Å². The fraction of sp³-hybridized carbons (Fsp3) is 0.111. The molecule has 6 nitrogen and oxygen atoms in total. The lowest BCUT2D eigenvalue weighted by Crippen LogP contribution is -2.07. The maximum Gasteiger partial charge on any atom is 0.336 e. The van der Waals surface area contributed by atoms with Crippen molar-refractivity contribution in [1.29, 1.82) is 0 Å². The zero-order valence-electron chi connectivity index (χ0n) is 18.0. The van der Waals surface area contributed by atoms with Gasteiger partial charge in [0.05, 0.1) is 5.56 Å². The summed E-state index contributed by atoms with van der Waals surface area (Å²) in [7, 11) is 0. The zero-order valence-corrected chi connectivity index (χ0v) is 18.0. The molecule has 0 saturated carbocycles. The Labute approximate surface area is 191 Å². The van der Waals surface area contributed by atoms with E-state index in [9.17, 15) is 14.7 Å². The summed E-state index contributed by atoms with van der Waals surface area (Å²) in [5.41, 5.74) is 3.29. The van der Waals surface area contributed by atoms with Crippen LogP contribution < -0.4 is 0 Å². The Morgan fingerprint density at radius 3 is 2.33 bits per heavy atom. The number of ketones is 1. The van der Waals surface area contributed by atoms with Crippen molar-refractivity contribution in [3.8, 4) is 11.1 Å². The average molecular weight is 437 g/mol. The Kier molecular flexibility index (Phi) is 6.55. The molecule has 0 aliphatic rings. The van der Waals surface area contributed by atoms with Gasteiger partial charge in [0, 0.05) is 18.5 Å². The van der Waals surface area contributed by atoms with Crippen LogP contribution in [0.1, 0.15) is 44.3 Å². The molecule has 0 atom stereocenters. The Morgan fingerprint density at radius 2 is 1.64 bits per heavy atom. The van der Waals surface area contributed by atoms with Gasteiger partial charge >= 0.3 is 5.97 Å². The summed E-state index contributed by atoms with van der Waals surface area (Å²) in [6.07, 6.45) is 3.01. The van der Waals surface area contributed by atoms with Gasteiger partial charge in [-0.3, -0.25) is 4.79 Å². The Morgan fingerprint density at radius 1 is 0.939 bits per heavy atom. The van der Waals surface area contributed by atoms with Gasteiger partial charge in [0.2, 0.25) is 11.6 Å². The number of hydrogen-bond donors (Lipinski definition) is 1. The topological polar surface area (TPSA) is 85.1 Å². The number of carbonyl (C=O) groups is 2. The van der Waals surface area contributed by atoms with Gasteiger partial charge in [0.15, 0.2) is 0 Å². The predicted octanol–water partition coefficient (Wildman–Crippen LogP) is 5.04. The molecule has 33 heavy (non-hydrogen) atoms. The molecule has 0 unspecified atom stereocenters. The molecular formula is C27H23N3O3. The maximum absolute atomic E-state index is 12.8. The van der Waals surface area contributed by atoms with E-state index in [2.05, 4.69) is 16.7 Å². The minimum Gasteiger partial charge on any atom is -0.478 e. The number of rotatable bonds is 9. The molecule has 0 aliphatic heterocycles. The van der Waals surface area contributed by atoms with E-state index in [4.69, 9.17) is 0 Å². The van der Waals surface area contributed by atoms with Gasteiger partial charge in [-0.15, -0.1) is 11.7 Å². The second-order valence-electron chi connectivity index (χ2n) is 7.57. The molecule has 4 aromatic rings. The number of hydrogen-bond acceptors (Lipinski definition) is 4. The monoisotopic (exact) mass is 437 g/mol. The quantitative estimate of drug-likeness (QED) is 0.293. The highest BCUT2D eigenvalue weighted by Gasteiger charge is 2.18. The van der Waals surface area contributed by atoms with Crippen LogP contribution in [0.3, 0.4) is 0 Å². The number of aromatic carboxylic acids is 1. The third-order valence-corrected chi connectivity index (χ3v) is 5.32. The van der Waals surface area contributed by atoms with Gasteiger partial charge in [0.25, 0.3) is 0 Å². The third-order valence-electron chi connectivity index (χ3n) is 5.32. The van der Waals surface area contributed by atoms with Crippen molar-refractivity contribution in [1.82, 2.24) is 14.8 Å². The van der Waals surface area contributed by atoms with E-state index in [1.54, 1.807) is 41.1 Å². The summed E-state index contributed by atoms with van der Waals surface area (Å²) in [4.78, 5) is 28.9. The normalized spacial score (nSPS) is 10.7. The molecule has 0 amide bonds. The number of aromatic nitrogens is 3. The predicted molar refractivity (Wildman–Crippen MR) is 126 cm³/mol. The van der Waals surface area contributed by atoms with Crippen molar-refractivity contribution in [2.45, 2.75) is 19.4 Å². The molecular weight excluding hydrogens is 414 g/mol. The van der Waals surface area contributed by atoms with Crippen molar-refractivity contribution in [2.24, 2.45) is 0 Å². The second kappa shape index (κ2) is 9.87. The second-order valence-corrected chi connectivity index (χ2v) is 7.57. The number of carboxylic acids is 1. The highest BCUT2D eigenvalue weighted by molar-refractivity contribution is 6.06. The van der Waals surface area contributed by atoms with Gasteiger partial charge in [-0.05, 0) is 29.2 Å². The van der Waals surface area contributed by atoms with Crippen LogP contribution in [0, 0.1) is 0 Å². The number of allylic oxidation sites excluding steroid dienone is 1. The molecule has 6 heteroatoms. The molecule has 1 N–H and O–H groups in total. The highest BCUT2D eigenvalue weighted by atomic mass is 16.4. The minimum atomic E-state index is -0.958. The van der Waals surface area contributed by atoms with Gasteiger partial charge in [-0.2, -0.15) is 0 Å². The molecule has 3 aromatic carbocycles. The zero-order chi connectivity index (χ0) is 23.2. The van der Waals surface area contributed by atoms with E-state index < -0.39 is 5.97 Å². The molecule has 0 aliphatic carbocycles. The third kappa shape index (κ3) is 4.96. The van der Waals surface area contributed by atoms with Crippen LogP contribution in [0.2, 0.25) is 0 Å². The lowest BCUT2D eigenvalue weighted by atomic mass is 9.98. The first-order valence-corrected chi connectivity index (χ1v) is 10.6. The van der Waals surface area contributed by atoms with E-state index in [0.29, 0.717) is 36.3 Å². The van der Waals surface area contributed by atoms with Gasteiger partial charge in [-0.1, -0.05) is 78.9 Å². The number of aryl methyl sites for hydroxylation is 1. The van der Waals surface area contributed by atoms with Gasteiger partial charge < -0.3 is 5.11 Å². The molecule has 0 spiro atoms. The Hall–Kier alpha value is -4.32. The number of carboxylic acid groups (broad SMARTS) is 1. The summed E-state index contributed by atoms with van der Waals surface area (Å²) >= 11 is 0.